The molecule has 2 atom stereocenters. The van der Waals surface area contributed by atoms with Crippen molar-refractivity contribution in [1.82, 2.24) is 0 Å². The Kier molecular flexibility index (Phi) is 2.41. The summed E-state index contributed by atoms with van der Waals surface area (Å²) in [7, 11) is 0. The highest BCUT2D eigenvalue weighted by atomic mass is 16.5. The van der Waals surface area contributed by atoms with E-state index in [2.05, 4.69) is 12.1 Å². The highest BCUT2D eigenvalue weighted by Gasteiger charge is 2.28. The molecule has 0 spiro atoms. The van der Waals surface area contributed by atoms with Gasteiger partial charge in [-0.15, -0.1) is 0 Å². The standard InChI is InChI=1S/C11H12O2/c12-6-10-7-13-8-11(10)9-4-2-1-3-5-9/h1-6,10-11H,7-8H2. The van der Waals surface area contributed by atoms with Crippen molar-refractivity contribution in [3.63, 3.8) is 0 Å². The zero-order valence-electron chi connectivity index (χ0n) is 7.35. The van der Waals surface area contributed by atoms with E-state index in [1.54, 1.807) is 0 Å². The Hall–Kier alpha value is -1.15. The van der Waals surface area contributed by atoms with E-state index in [4.69, 9.17) is 4.74 Å². The fourth-order valence-electron chi connectivity index (χ4n) is 1.75. The molecule has 2 unspecified atom stereocenters. The lowest BCUT2D eigenvalue weighted by Gasteiger charge is -2.11. The van der Waals surface area contributed by atoms with Crippen molar-refractivity contribution >= 4 is 6.29 Å². The Bertz CT molecular complexity index is 281. The SMILES string of the molecule is O=CC1COCC1c1ccccc1. The Morgan fingerprint density at radius 1 is 1.23 bits per heavy atom. The molecule has 0 amide bonds. The van der Waals surface area contributed by atoms with Crippen molar-refractivity contribution < 1.29 is 9.53 Å². The smallest absolute Gasteiger partial charge is 0.126 e. The van der Waals surface area contributed by atoms with Crippen LogP contribution in [0.15, 0.2) is 30.3 Å². The van der Waals surface area contributed by atoms with Gasteiger partial charge in [0.2, 0.25) is 0 Å². The molecule has 68 valence electrons. The van der Waals surface area contributed by atoms with E-state index in [0.29, 0.717) is 13.2 Å². The second-order valence-corrected chi connectivity index (χ2v) is 3.35. The average Bonchev–Trinajstić information content (AvgIpc) is 2.67. The largest absolute Gasteiger partial charge is 0.380 e. The van der Waals surface area contributed by atoms with Crippen LogP contribution in [-0.2, 0) is 9.53 Å². The van der Waals surface area contributed by atoms with Crippen LogP contribution in [0, 0.1) is 5.92 Å². The van der Waals surface area contributed by atoms with Gasteiger partial charge in [-0.1, -0.05) is 30.3 Å². The van der Waals surface area contributed by atoms with Gasteiger partial charge in [-0.3, -0.25) is 0 Å². The Morgan fingerprint density at radius 2 is 2.00 bits per heavy atom. The highest BCUT2D eigenvalue weighted by Crippen LogP contribution is 2.29. The summed E-state index contributed by atoms with van der Waals surface area (Å²) in [4.78, 5) is 10.7. The van der Waals surface area contributed by atoms with Crippen LogP contribution < -0.4 is 0 Å². The van der Waals surface area contributed by atoms with Gasteiger partial charge in [0.05, 0.1) is 13.2 Å². The van der Waals surface area contributed by atoms with Gasteiger partial charge in [0, 0.05) is 11.8 Å². The van der Waals surface area contributed by atoms with Crippen LogP contribution in [0.25, 0.3) is 0 Å². The van der Waals surface area contributed by atoms with Gasteiger partial charge in [-0.2, -0.15) is 0 Å². The maximum atomic E-state index is 10.7. The summed E-state index contributed by atoms with van der Waals surface area (Å²) in [6.07, 6.45) is 1.00. The molecule has 2 rings (SSSR count). The van der Waals surface area contributed by atoms with Gasteiger partial charge < -0.3 is 9.53 Å². The topological polar surface area (TPSA) is 26.3 Å². The van der Waals surface area contributed by atoms with Crippen LogP contribution in [0.1, 0.15) is 11.5 Å². The van der Waals surface area contributed by atoms with Crippen molar-refractivity contribution in [1.29, 1.82) is 0 Å². The fourth-order valence-corrected chi connectivity index (χ4v) is 1.75. The summed E-state index contributed by atoms with van der Waals surface area (Å²) in [6.45, 7) is 1.25. The molecule has 0 radical (unpaired) electrons. The number of hydrogen-bond donors (Lipinski definition) is 0. The van der Waals surface area contributed by atoms with E-state index >= 15 is 0 Å². The Morgan fingerprint density at radius 3 is 2.69 bits per heavy atom. The molecule has 0 N–H and O–H groups in total. The van der Waals surface area contributed by atoms with Crippen molar-refractivity contribution in [2.45, 2.75) is 5.92 Å². The van der Waals surface area contributed by atoms with Crippen LogP contribution in [0.2, 0.25) is 0 Å². The molecular formula is C11H12O2. The minimum Gasteiger partial charge on any atom is -0.380 e. The van der Waals surface area contributed by atoms with Crippen molar-refractivity contribution in [3.8, 4) is 0 Å². The molecule has 2 heteroatoms. The van der Waals surface area contributed by atoms with E-state index in [0.717, 1.165) is 6.29 Å². The Labute approximate surface area is 77.5 Å². The molecule has 0 aliphatic carbocycles. The van der Waals surface area contributed by atoms with Gasteiger partial charge in [0.25, 0.3) is 0 Å². The first kappa shape index (κ1) is 8.45. The van der Waals surface area contributed by atoms with Gasteiger partial charge in [-0.25, -0.2) is 0 Å². The zero-order chi connectivity index (χ0) is 9.10. The summed E-state index contributed by atoms with van der Waals surface area (Å²) in [5, 5.41) is 0. The number of carbonyl (C=O) groups excluding carboxylic acids is 1. The van der Waals surface area contributed by atoms with Crippen LogP contribution in [0.4, 0.5) is 0 Å². The monoisotopic (exact) mass is 176 g/mol. The molecule has 1 aromatic carbocycles. The summed E-state index contributed by atoms with van der Waals surface area (Å²) in [5.74, 6) is 0.307. The third kappa shape index (κ3) is 1.63. The van der Waals surface area contributed by atoms with Crippen LogP contribution in [0.3, 0.4) is 0 Å². The number of aldehydes is 1. The number of carbonyl (C=O) groups is 1. The molecule has 13 heavy (non-hydrogen) atoms. The molecule has 1 fully saturated rings. The lowest BCUT2D eigenvalue weighted by molar-refractivity contribution is -0.111. The van der Waals surface area contributed by atoms with E-state index in [1.807, 2.05) is 18.2 Å². The first-order valence-electron chi connectivity index (χ1n) is 4.50. The maximum absolute atomic E-state index is 10.7. The second-order valence-electron chi connectivity index (χ2n) is 3.35. The van der Waals surface area contributed by atoms with Crippen molar-refractivity contribution in [3.05, 3.63) is 35.9 Å². The molecule has 1 aliphatic heterocycles. The Balaban J connectivity index is 2.21. The van der Waals surface area contributed by atoms with Gasteiger partial charge in [0.15, 0.2) is 0 Å². The van der Waals surface area contributed by atoms with Crippen molar-refractivity contribution in [2.75, 3.05) is 13.2 Å². The molecule has 1 saturated heterocycles. The minimum absolute atomic E-state index is 0.0439. The molecule has 0 aromatic heterocycles. The van der Waals surface area contributed by atoms with Crippen LogP contribution in [-0.4, -0.2) is 19.5 Å². The number of rotatable bonds is 2. The van der Waals surface area contributed by atoms with E-state index < -0.39 is 0 Å². The van der Waals surface area contributed by atoms with Gasteiger partial charge in [0.1, 0.15) is 6.29 Å². The van der Waals surface area contributed by atoms with E-state index in [9.17, 15) is 4.79 Å². The minimum atomic E-state index is 0.0439. The molecular weight excluding hydrogens is 164 g/mol. The molecule has 1 aliphatic rings. The number of benzene rings is 1. The molecule has 1 heterocycles. The zero-order valence-corrected chi connectivity index (χ0v) is 7.35. The summed E-state index contributed by atoms with van der Waals surface area (Å²) < 4.78 is 5.28. The van der Waals surface area contributed by atoms with Crippen molar-refractivity contribution in [2.24, 2.45) is 5.92 Å². The maximum Gasteiger partial charge on any atom is 0.126 e. The highest BCUT2D eigenvalue weighted by molar-refractivity contribution is 5.56. The predicted molar refractivity (Wildman–Crippen MR) is 49.6 cm³/mol. The lowest BCUT2D eigenvalue weighted by Crippen LogP contribution is -2.11. The third-order valence-electron chi connectivity index (χ3n) is 2.53. The third-order valence-corrected chi connectivity index (χ3v) is 2.53. The van der Waals surface area contributed by atoms with E-state index in [1.165, 1.54) is 5.56 Å². The predicted octanol–water partition coefficient (Wildman–Crippen LogP) is 1.62. The summed E-state index contributed by atoms with van der Waals surface area (Å²) >= 11 is 0. The van der Waals surface area contributed by atoms with Crippen LogP contribution >= 0.6 is 0 Å². The quantitative estimate of drug-likeness (QED) is 0.640. The normalized spacial score (nSPS) is 27.4. The van der Waals surface area contributed by atoms with E-state index in [-0.39, 0.29) is 11.8 Å². The number of hydrogen-bond acceptors (Lipinski definition) is 2. The molecule has 2 nitrogen and oxygen atoms in total. The molecule has 0 bridgehead atoms. The van der Waals surface area contributed by atoms with Crippen LogP contribution in [0.5, 0.6) is 0 Å². The fraction of sp³-hybridized carbons (Fsp3) is 0.364. The molecule has 0 saturated carbocycles. The summed E-state index contributed by atoms with van der Waals surface area (Å²) in [6, 6.07) is 10.1. The first-order chi connectivity index (χ1) is 6.42. The molecule has 1 aromatic rings. The second kappa shape index (κ2) is 3.71. The summed E-state index contributed by atoms with van der Waals surface area (Å²) in [5.41, 5.74) is 1.21. The van der Waals surface area contributed by atoms with Gasteiger partial charge >= 0.3 is 0 Å². The van der Waals surface area contributed by atoms with Gasteiger partial charge in [-0.05, 0) is 5.56 Å². The lowest BCUT2D eigenvalue weighted by atomic mass is 9.90. The average molecular weight is 176 g/mol. The number of ether oxygens (including phenoxy) is 1. The first-order valence-corrected chi connectivity index (χ1v) is 4.50.